The van der Waals surface area contributed by atoms with Gasteiger partial charge in [-0.3, -0.25) is 4.79 Å². The van der Waals surface area contributed by atoms with E-state index in [0.29, 0.717) is 17.2 Å². The van der Waals surface area contributed by atoms with Crippen LogP contribution in [0.2, 0.25) is 0 Å². The summed E-state index contributed by atoms with van der Waals surface area (Å²) in [6.45, 7) is 1.52. The Bertz CT molecular complexity index is 1050. The molecule has 0 spiro atoms. The van der Waals surface area contributed by atoms with Gasteiger partial charge < -0.3 is 24.1 Å². The number of nitrogens with zero attached hydrogens (tertiary/aromatic N) is 2. The van der Waals surface area contributed by atoms with E-state index < -0.39 is 0 Å². The summed E-state index contributed by atoms with van der Waals surface area (Å²) in [5.74, 6) is 1.31. The van der Waals surface area contributed by atoms with Crippen molar-refractivity contribution in [3.8, 4) is 22.8 Å². The molecule has 0 radical (unpaired) electrons. The molecular formula is C24H27N3O4S. The molecule has 1 saturated heterocycles. The van der Waals surface area contributed by atoms with Crippen molar-refractivity contribution in [1.29, 1.82) is 0 Å². The first-order valence-electron chi connectivity index (χ1n) is 10.5. The highest BCUT2D eigenvalue weighted by molar-refractivity contribution is 7.99. The van der Waals surface area contributed by atoms with Gasteiger partial charge in [0.25, 0.3) is 0 Å². The molecule has 1 unspecified atom stereocenters. The lowest BCUT2D eigenvalue weighted by Gasteiger charge is -2.16. The van der Waals surface area contributed by atoms with Crippen molar-refractivity contribution >= 4 is 23.4 Å². The second-order valence-electron chi connectivity index (χ2n) is 7.44. The highest BCUT2D eigenvalue weighted by Crippen LogP contribution is 2.31. The standard InChI is InChI=1S/C24H27N3O4S/c1-29-18-10-11-20(22(13-18)30-2)26-23(28)16-32-24-25-14-21(17-7-4-3-5-8-17)27(24)15-19-9-6-12-31-19/h3-5,7-8,10-11,13-14,19H,6,9,12,15-16H2,1-2H3,(H,26,28). The van der Waals surface area contributed by atoms with Gasteiger partial charge >= 0.3 is 0 Å². The number of methoxy groups -OCH3 is 2. The molecule has 0 bridgehead atoms. The van der Waals surface area contributed by atoms with Crippen LogP contribution in [0.3, 0.4) is 0 Å². The van der Waals surface area contributed by atoms with E-state index in [-0.39, 0.29) is 17.8 Å². The number of ether oxygens (including phenoxy) is 3. The lowest BCUT2D eigenvalue weighted by Crippen LogP contribution is -2.18. The highest BCUT2D eigenvalue weighted by atomic mass is 32.2. The van der Waals surface area contributed by atoms with E-state index in [4.69, 9.17) is 14.2 Å². The fourth-order valence-corrected chi connectivity index (χ4v) is 4.49. The maximum Gasteiger partial charge on any atom is 0.234 e. The smallest absolute Gasteiger partial charge is 0.234 e. The Hall–Kier alpha value is -2.97. The average Bonchev–Trinajstić information content (AvgIpc) is 3.49. The van der Waals surface area contributed by atoms with E-state index in [2.05, 4.69) is 27.0 Å². The number of nitrogens with one attached hydrogen (secondary N) is 1. The Morgan fingerprint density at radius 2 is 2.06 bits per heavy atom. The summed E-state index contributed by atoms with van der Waals surface area (Å²) in [5, 5.41) is 3.71. The van der Waals surface area contributed by atoms with E-state index in [9.17, 15) is 4.79 Å². The molecule has 1 atom stereocenters. The maximum absolute atomic E-state index is 12.7. The predicted molar refractivity (Wildman–Crippen MR) is 126 cm³/mol. The topological polar surface area (TPSA) is 74.6 Å². The summed E-state index contributed by atoms with van der Waals surface area (Å²) in [7, 11) is 3.15. The summed E-state index contributed by atoms with van der Waals surface area (Å²) in [4.78, 5) is 17.3. The molecular weight excluding hydrogens is 426 g/mol. The van der Waals surface area contributed by atoms with Gasteiger partial charge in [-0.1, -0.05) is 42.1 Å². The van der Waals surface area contributed by atoms with Gasteiger partial charge in [0, 0.05) is 12.7 Å². The van der Waals surface area contributed by atoms with Crippen LogP contribution in [0.4, 0.5) is 5.69 Å². The van der Waals surface area contributed by atoms with Crippen molar-refractivity contribution in [2.75, 3.05) is 31.9 Å². The first-order valence-corrected chi connectivity index (χ1v) is 11.5. The minimum atomic E-state index is -0.133. The van der Waals surface area contributed by atoms with E-state index in [0.717, 1.165) is 42.4 Å². The van der Waals surface area contributed by atoms with Crippen LogP contribution in [-0.4, -0.2) is 48.1 Å². The molecule has 1 aliphatic heterocycles. The first-order chi connectivity index (χ1) is 15.7. The van der Waals surface area contributed by atoms with E-state index in [1.54, 1.807) is 32.4 Å². The lowest BCUT2D eigenvalue weighted by atomic mass is 10.1. The van der Waals surface area contributed by atoms with Crippen LogP contribution in [0, 0.1) is 0 Å². The lowest BCUT2D eigenvalue weighted by molar-refractivity contribution is -0.113. The number of rotatable bonds is 9. The number of amides is 1. The number of benzene rings is 2. The monoisotopic (exact) mass is 453 g/mol. The highest BCUT2D eigenvalue weighted by Gasteiger charge is 2.21. The minimum absolute atomic E-state index is 0.133. The van der Waals surface area contributed by atoms with Gasteiger partial charge in [0.15, 0.2) is 5.16 Å². The van der Waals surface area contributed by atoms with E-state index in [1.807, 2.05) is 24.4 Å². The first kappa shape index (κ1) is 22.2. The van der Waals surface area contributed by atoms with Crippen molar-refractivity contribution in [2.45, 2.75) is 30.6 Å². The zero-order valence-electron chi connectivity index (χ0n) is 18.2. The molecule has 3 aromatic rings. The molecule has 0 aliphatic carbocycles. The average molecular weight is 454 g/mol. The molecule has 1 amide bonds. The number of thioether (sulfide) groups is 1. The number of imidazole rings is 1. The van der Waals surface area contributed by atoms with Gasteiger partial charge in [0.1, 0.15) is 11.5 Å². The van der Waals surface area contributed by atoms with Crippen LogP contribution in [0.25, 0.3) is 11.3 Å². The van der Waals surface area contributed by atoms with Crippen LogP contribution in [0.1, 0.15) is 12.8 Å². The molecule has 168 valence electrons. The Labute approximate surface area is 192 Å². The SMILES string of the molecule is COc1ccc(NC(=O)CSc2ncc(-c3ccccc3)n2CC2CCCO2)c(OC)c1. The quantitative estimate of drug-likeness (QED) is 0.482. The van der Waals surface area contributed by atoms with Crippen molar-refractivity contribution in [1.82, 2.24) is 9.55 Å². The molecule has 4 rings (SSSR count). The Morgan fingerprint density at radius 3 is 2.78 bits per heavy atom. The number of hydrogen-bond donors (Lipinski definition) is 1. The number of aromatic nitrogens is 2. The van der Waals surface area contributed by atoms with Crippen LogP contribution < -0.4 is 14.8 Å². The normalized spacial score (nSPS) is 15.5. The number of hydrogen-bond acceptors (Lipinski definition) is 6. The fourth-order valence-electron chi connectivity index (χ4n) is 3.70. The Kier molecular flexibility index (Phi) is 7.34. The van der Waals surface area contributed by atoms with Crippen LogP contribution in [0.15, 0.2) is 59.9 Å². The molecule has 0 saturated carbocycles. The second-order valence-corrected chi connectivity index (χ2v) is 8.38. The zero-order chi connectivity index (χ0) is 22.3. The van der Waals surface area contributed by atoms with Gasteiger partial charge in [0.05, 0.1) is 50.2 Å². The third-order valence-electron chi connectivity index (χ3n) is 5.31. The molecule has 7 nitrogen and oxygen atoms in total. The number of anilines is 1. The maximum atomic E-state index is 12.7. The molecule has 8 heteroatoms. The largest absolute Gasteiger partial charge is 0.497 e. The summed E-state index contributed by atoms with van der Waals surface area (Å²) in [6, 6.07) is 15.5. The van der Waals surface area contributed by atoms with Gasteiger partial charge in [0.2, 0.25) is 5.91 Å². The van der Waals surface area contributed by atoms with Gasteiger partial charge in [-0.2, -0.15) is 0 Å². The van der Waals surface area contributed by atoms with E-state index >= 15 is 0 Å². The van der Waals surface area contributed by atoms with Gasteiger partial charge in [-0.05, 0) is 30.5 Å². The van der Waals surface area contributed by atoms with Crippen LogP contribution in [0.5, 0.6) is 11.5 Å². The molecule has 1 aromatic heterocycles. The molecule has 2 heterocycles. The Balaban J connectivity index is 1.48. The summed E-state index contributed by atoms with van der Waals surface area (Å²) >= 11 is 1.41. The molecule has 2 aromatic carbocycles. The van der Waals surface area contributed by atoms with Gasteiger partial charge in [-0.25, -0.2) is 4.98 Å². The second kappa shape index (κ2) is 10.6. The molecule has 1 N–H and O–H groups in total. The van der Waals surface area contributed by atoms with Crippen LogP contribution >= 0.6 is 11.8 Å². The van der Waals surface area contributed by atoms with Crippen molar-refractivity contribution in [3.63, 3.8) is 0 Å². The van der Waals surface area contributed by atoms with E-state index in [1.165, 1.54) is 11.8 Å². The van der Waals surface area contributed by atoms with Crippen LogP contribution in [-0.2, 0) is 16.1 Å². The van der Waals surface area contributed by atoms with Gasteiger partial charge in [-0.15, -0.1) is 0 Å². The third kappa shape index (κ3) is 5.26. The molecule has 1 aliphatic rings. The third-order valence-corrected chi connectivity index (χ3v) is 6.30. The summed E-state index contributed by atoms with van der Waals surface area (Å²) in [6.07, 6.45) is 4.16. The zero-order valence-corrected chi connectivity index (χ0v) is 19.1. The van der Waals surface area contributed by atoms with Crippen molar-refractivity contribution < 1.29 is 19.0 Å². The molecule has 1 fully saturated rings. The minimum Gasteiger partial charge on any atom is -0.497 e. The number of carbonyl (C=O) groups excluding carboxylic acids is 1. The molecule has 32 heavy (non-hydrogen) atoms. The Morgan fingerprint density at radius 1 is 1.22 bits per heavy atom. The van der Waals surface area contributed by atoms with Crippen molar-refractivity contribution in [3.05, 3.63) is 54.7 Å². The summed E-state index contributed by atoms with van der Waals surface area (Å²) < 4.78 is 18.6. The fraction of sp³-hybridized carbons (Fsp3) is 0.333. The predicted octanol–water partition coefficient (Wildman–Crippen LogP) is 4.48. The summed E-state index contributed by atoms with van der Waals surface area (Å²) in [5.41, 5.74) is 2.73. The van der Waals surface area contributed by atoms with Crippen molar-refractivity contribution in [2.24, 2.45) is 0 Å². The number of carbonyl (C=O) groups is 1.